The summed E-state index contributed by atoms with van der Waals surface area (Å²) in [6.45, 7) is 1.51. The number of benzene rings is 1. The Bertz CT molecular complexity index is 450. The van der Waals surface area contributed by atoms with Crippen LogP contribution in [-0.4, -0.2) is 31.7 Å². The van der Waals surface area contributed by atoms with Crippen molar-refractivity contribution in [3.8, 4) is 0 Å². The van der Waals surface area contributed by atoms with Crippen molar-refractivity contribution in [2.24, 2.45) is 0 Å². The average Bonchev–Trinajstić information content (AvgIpc) is 2.41. The summed E-state index contributed by atoms with van der Waals surface area (Å²) in [4.78, 5) is 11.7. The van der Waals surface area contributed by atoms with Crippen LogP contribution >= 0.6 is 11.6 Å². The van der Waals surface area contributed by atoms with E-state index in [0.717, 1.165) is 12.8 Å². The third-order valence-electron chi connectivity index (χ3n) is 2.96. The molecule has 2 N–H and O–H groups in total. The summed E-state index contributed by atoms with van der Waals surface area (Å²) < 4.78 is 18.2. The second-order valence-corrected chi connectivity index (χ2v) is 4.84. The minimum absolute atomic E-state index is 0.0369. The second-order valence-electron chi connectivity index (χ2n) is 4.44. The van der Waals surface area contributed by atoms with Gasteiger partial charge in [-0.2, -0.15) is 0 Å². The van der Waals surface area contributed by atoms with Crippen LogP contribution in [0.15, 0.2) is 18.2 Å². The summed E-state index contributed by atoms with van der Waals surface area (Å²) in [6.07, 6.45) is 1.68. The number of amides is 1. The Morgan fingerprint density at radius 1 is 1.42 bits per heavy atom. The maximum atomic E-state index is 13.0. The fourth-order valence-corrected chi connectivity index (χ4v) is 2.09. The monoisotopic (exact) mass is 286 g/mol. The van der Waals surface area contributed by atoms with Gasteiger partial charge in [0.25, 0.3) is 0 Å². The first-order valence-corrected chi connectivity index (χ1v) is 6.59. The van der Waals surface area contributed by atoms with Crippen molar-refractivity contribution in [3.05, 3.63) is 29.0 Å². The lowest BCUT2D eigenvalue weighted by molar-refractivity contribution is -0.120. The minimum Gasteiger partial charge on any atom is -0.381 e. The first kappa shape index (κ1) is 14.1. The van der Waals surface area contributed by atoms with Crippen LogP contribution in [0.1, 0.15) is 12.8 Å². The summed E-state index contributed by atoms with van der Waals surface area (Å²) >= 11 is 5.66. The molecule has 4 nitrogen and oxygen atoms in total. The molecule has 6 heteroatoms. The fraction of sp³-hybridized carbons (Fsp3) is 0.462. The summed E-state index contributed by atoms with van der Waals surface area (Å²) in [5, 5.41) is 5.87. The van der Waals surface area contributed by atoms with Crippen molar-refractivity contribution in [2.45, 2.75) is 18.9 Å². The standard InChI is InChI=1S/C13H16ClFN2O2/c14-11-7-10(1-2-12(11)15)16-8-13(18)17-9-3-5-19-6-4-9/h1-2,7,9,16H,3-6,8H2,(H,17,18). The lowest BCUT2D eigenvalue weighted by atomic mass is 10.1. The van der Waals surface area contributed by atoms with E-state index in [1.807, 2.05) is 0 Å². The van der Waals surface area contributed by atoms with Gasteiger partial charge < -0.3 is 15.4 Å². The molecule has 0 spiro atoms. The molecule has 0 atom stereocenters. The van der Waals surface area contributed by atoms with Gasteiger partial charge in [0.1, 0.15) is 5.82 Å². The molecule has 1 aromatic carbocycles. The average molecular weight is 287 g/mol. The SMILES string of the molecule is O=C(CNc1ccc(F)c(Cl)c1)NC1CCOCC1. The van der Waals surface area contributed by atoms with E-state index >= 15 is 0 Å². The largest absolute Gasteiger partial charge is 0.381 e. The van der Waals surface area contributed by atoms with Crippen LogP contribution in [0.25, 0.3) is 0 Å². The van der Waals surface area contributed by atoms with Crippen molar-refractivity contribution < 1.29 is 13.9 Å². The maximum Gasteiger partial charge on any atom is 0.239 e. The highest BCUT2D eigenvalue weighted by atomic mass is 35.5. The highest BCUT2D eigenvalue weighted by molar-refractivity contribution is 6.31. The van der Waals surface area contributed by atoms with Crippen LogP contribution in [0.5, 0.6) is 0 Å². The third-order valence-corrected chi connectivity index (χ3v) is 3.25. The predicted molar refractivity (Wildman–Crippen MR) is 71.9 cm³/mol. The zero-order valence-electron chi connectivity index (χ0n) is 10.4. The van der Waals surface area contributed by atoms with E-state index in [1.54, 1.807) is 6.07 Å². The Morgan fingerprint density at radius 3 is 2.84 bits per heavy atom. The topological polar surface area (TPSA) is 50.4 Å². The molecule has 0 aromatic heterocycles. The molecule has 1 aliphatic heterocycles. The van der Waals surface area contributed by atoms with Crippen molar-refractivity contribution in [1.29, 1.82) is 0 Å². The van der Waals surface area contributed by atoms with Crippen molar-refractivity contribution in [1.82, 2.24) is 5.32 Å². The molecule has 0 radical (unpaired) electrons. The van der Waals surface area contributed by atoms with E-state index < -0.39 is 5.82 Å². The maximum absolute atomic E-state index is 13.0. The van der Waals surface area contributed by atoms with E-state index in [9.17, 15) is 9.18 Å². The van der Waals surface area contributed by atoms with Gasteiger partial charge in [-0.3, -0.25) is 4.79 Å². The van der Waals surface area contributed by atoms with E-state index in [-0.39, 0.29) is 23.5 Å². The van der Waals surface area contributed by atoms with Gasteiger partial charge in [0.15, 0.2) is 0 Å². The Hall–Kier alpha value is -1.33. The molecule has 1 saturated heterocycles. The summed E-state index contributed by atoms with van der Waals surface area (Å²) in [5.41, 5.74) is 0.619. The van der Waals surface area contributed by atoms with Crippen LogP contribution in [-0.2, 0) is 9.53 Å². The zero-order valence-corrected chi connectivity index (χ0v) is 11.2. The summed E-state index contributed by atoms with van der Waals surface area (Å²) in [5.74, 6) is -0.564. The van der Waals surface area contributed by atoms with Gasteiger partial charge in [-0.15, -0.1) is 0 Å². The Labute approximate surface area is 116 Å². The third kappa shape index (κ3) is 4.36. The molecule has 0 unspecified atom stereocenters. The lowest BCUT2D eigenvalue weighted by Gasteiger charge is -2.23. The normalized spacial score (nSPS) is 16.1. The van der Waals surface area contributed by atoms with E-state index in [4.69, 9.17) is 16.3 Å². The molecule has 0 bridgehead atoms. The quantitative estimate of drug-likeness (QED) is 0.892. The predicted octanol–water partition coefficient (Wildman–Crippen LogP) is 2.19. The van der Waals surface area contributed by atoms with Gasteiger partial charge in [0.05, 0.1) is 11.6 Å². The number of halogens is 2. The number of carbonyl (C=O) groups is 1. The second kappa shape index (κ2) is 6.73. The number of hydrogen-bond acceptors (Lipinski definition) is 3. The van der Waals surface area contributed by atoms with Crippen molar-refractivity contribution in [2.75, 3.05) is 25.1 Å². The zero-order chi connectivity index (χ0) is 13.7. The molecule has 2 rings (SSSR count). The first-order valence-electron chi connectivity index (χ1n) is 6.21. The molecule has 1 amide bonds. The molecular formula is C13H16ClFN2O2. The molecule has 0 aliphatic carbocycles. The molecule has 1 fully saturated rings. The highest BCUT2D eigenvalue weighted by Crippen LogP contribution is 2.19. The molecule has 104 valence electrons. The molecule has 1 aliphatic rings. The summed E-state index contributed by atoms with van der Waals surface area (Å²) in [6, 6.07) is 4.45. The molecule has 0 saturated carbocycles. The van der Waals surface area contributed by atoms with Gasteiger partial charge in [-0.1, -0.05) is 11.6 Å². The van der Waals surface area contributed by atoms with E-state index in [2.05, 4.69) is 10.6 Å². The Morgan fingerprint density at radius 2 is 2.16 bits per heavy atom. The minimum atomic E-state index is -0.473. The number of anilines is 1. The number of ether oxygens (including phenoxy) is 1. The van der Waals surface area contributed by atoms with Crippen molar-refractivity contribution >= 4 is 23.2 Å². The molecular weight excluding hydrogens is 271 g/mol. The molecule has 1 heterocycles. The van der Waals surface area contributed by atoms with Gasteiger partial charge in [0, 0.05) is 24.9 Å². The number of carbonyl (C=O) groups excluding carboxylic acids is 1. The molecule has 19 heavy (non-hydrogen) atoms. The summed E-state index contributed by atoms with van der Waals surface area (Å²) in [7, 11) is 0. The number of hydrogen-bond donors (Lipinski definition) is 2. The smallest absolute Gasteiger partial charge is 0.239 e. The van der Waals surface area contributed by atoms with Crippen LogP contribution in [0.4, 0.5) is 10.1 Å². The fourth-order valence-electron chi connectivity index (χ4n) is 1.91. The highest BCUT2D eigenvalue weighted by Gasteiger charge is 2.15. The Kier molecular flexibility index (Phi) is 4.99. The lowest BCUT2D eigenvalue weighted by Crippen LogP contribution is -2.41. The Balaban J connectivity index is 1.77. The van der Waals surface area contributed by atoms with Crippen LogP contribution in [0.2, 0.25) is 5.02 Å². The van der Waals surface area contributed by atoms with E-state index in [1.165, 1.54) is 12.1 Å². The van der Waals surface area contributed by atoms with Gasteiger partial charge >= 0.3 is 0 Å². The molecule has 1 aromatic rings. The van der Waals surface area contributed by atoms with Gasteiger partial charge in [0.2, 0.25) is 5.91 Å². The van der Waals surface area contributed by atoms with Gasteiger partial charge in [-0.25, -0.2) is 4.39 Å². The first-order chi connectivity index (χ1) is 9.15. The van der Waals surface area contributed by atoms with Crippen molar-refractivity contribution in [3.63, 3.8) is 0 Å². The van der Waals surface area contributed by atoms with Crippen LogP contribution in [0.3, 0.4) is 0 Å². The van der Waals surface area contributed by atoms with E-state index in [0.29, 0.717) is 18.9 Å². The van der Waals surface area contributed by atoms with Gasteiger partial charge in [-0.05, 0) is 31.0 Å². The number of nitrogens with one attached hydrogen (secondary N) is 2. The van der Waals surface area contributed by atoms with Crippen LogP contribution in [0, 0.1) is 5.82 Å². The van der Waals surface area contributed by atoms with Crippen LogP contribution < -0.4 is 10.6 Å². The number of rotatable bonds is 4.